The number of rotatable bonds is 2. The molecule has 0 radical (unpaired) electrons. The van der Waals surface area contributed by atoms with Crippen LogP contribution >= 0.6 is 15.9 Å². The van der Waals surface area contributed by atoms with Crippen LogP contribution in [0, 0.1) is 0 Å². The smallest absolute Gasteiger partial charge is 0.0594 e. The summed E-state index contributed by atoms with van der Waals surface area (Å²) in [5, 5.41) is 0. The number of nitrogens with two attached hydrogens (primary N) is 1. The van der Waals surface area contributed by atoms with Gasteiger partial charge in [0, 0.05) is 29.8 Å². The fraction of sp³-hybridized carbons (Fsp3) is 0.455. The predicted octanol–water partition coefficient (Wildman–Crippen LogP) is 1.86. The molecule has 1 aromatic carbocycles. The van der Waals surface area contributed by atoms with Crippen LogP contribution in [0.1, 0.15) is 5.56 Å². The molecule has 2 rings (SSSR count). The molecule has 0 aliphatic carbocycles. The van der Waals surface area contributed by atoms with Gasteiger partial charge in [-0.2, -0.15) is 0 Å². The van der Waals surface area contributed by atoms with Crippen LogP contribution < -0.4 is 5.73 Å². The highest BCUT2D eigenvalue weighted by Gasteiger charge is 2.12. The molecule has 0 spiro atoms. The Bertz CT molecular complexity index is 337. The summed E-state index contributed by atoms with van der Waals surface area (Å²) in [6, 6.07) is 6.01. The molecule has 1 fully saturated rings. The fourth-order valence-corrected chi connectivity index (χ4v) is 2.11. The molecule has 4 heteroatoms. The zero-order valence-corrected chi connectivity index (χ0v) is 10.2. The summed E-state index contributed by atoms with van der Waals surface area (Å²) in [5.74, 6) is 0. The molecule has 0 amide bonds. The molecule has 1 aliphatic rings. The number of ether oxygens (including phenoxy) is 1. The molecular formula is C11H15BrN2O. The summed E-state index contributed by atoms with van der Waals surface area (Å²) >= 11 is 3.52. The van der Waals surface area contributed by atoms with Crippen LogP contribution in [0.3, 0.4) is 0 Å². The number of nitrogens with zero attached hydrogens (tertiary/aromatic N) is 1. The van der Waals surface area contributed by atoms with Crippen molar-refractivity contribution < 1.29 is 4.74 Å². The van der Waals surface area contributed by atoms with E-state index in [9.17, 15) is 0 Å². The molecule has 1 aromatic rings. The lowest BCUT2D eigenvalue weighted by Crippen LogP contribution is -2.35. The summed E-state index contributed by atoms with van der Waals surface area (Å²) in [6.07, 6.45) is 0. The number of benzene rings is 1. The van der Waals surface area contributed by atoms with Crippen molar-refractivity contribution in [2.24, 2.45) is 0 Å². The largest absolute Gasteiger partial charge is 0.398 e. The summed E-state index contributed by atoms with van der Waals surface area (Å²) < 4.78 is 6.34. The van der Waals surface area contributed by atoms with E-state index in [1.165, 1.54) is 5.56 Å². The molecule has 0 atom stereocenters. The monoisotopic (exact) mass is 270 g/mol. The lowest BCUT2D eigenvalue weighted by molar-refractivity contribution is 0.0341. The third-order valence-corrected chi connectivity index (χ3v) is 3.57. The maximum atomic E-state index is 5.84. The number of hydrogen-bond donors (Lipinski definition) is 1. The average Bonchev–Trinajstić information content (AvgIpc) is 2.26. The maximum Gasteiger partial charge on any atom is 0.0594 e. The lowest BCUT2D eigenvalue weighted by Gasteiger charge is -2.27. The van der Waals surface area contributed by atoms with Gasteiger partial charge >= 0.3 is 0 Å². The van der Waals surface area contributed by atoms with Crippen LogP contribution in [0.5, 0.6) is 0 Å². The maximum absolute atomic E-state index is 5.84. The van der Waals surface area contributed by atoms with Crippen molar-refractivity contribution in [1.82, 2.24) is 4.90 Å². The van der Waals surface area contributed by atoms with Gasteiger partial charge in [0.15, 0.2) is 0 Å². The van der Waals surface area contributed by atoms with E-state index in [1.807, 2.05) is 12.1 Å². The third kappa shape index (κ3) is 2.71. The van der Waals surface area contributed by atoms with E-state index >= 15 is 0 Å². The van der Waals surface area contributed by atoms with E-state index in [-0.39, 0.29) is 0 Å². The molecule has 0 saturated carbocycles. The SMILES string of the molecule is Nc1cccc(CN2CCOCC2)c1Br. The van der Waals surface area contributed by atoms with Gasteiger partial charge in [-0.15, -0.1) is 0 Å². The van der Waals surface area contributed by atoms with Gasteiger partial charge in [0.1, 0.15) is 0 Å². The van der Waals surface area contributed by atoms with Gasteiger partial charge in [0.2, 0.25) is 0 Å². The first-order valence-corrected chi connectivity index (χ1v) is 5.89. The van der Waals surface area contributed by atoms with Crippen molar-refractivity contribution in [2.45, 2.75) is 6.54 Å². The van der Waals surface area contributed by atoms with Crippen molar-refractivity contribution in [3.05, 3.63) is 28.2 Å². The molecule has 82 valence electrons. The predicted molar refractivity (Wildman–Crippen MR) is 64.7 cm³/mol. The van der Waals surface area contributed by atoms with Gasteiger partial charge < -0.3 is 10.5 Å². The number of morpholine rings is 1. The first kappa shape index (κ1) is 10.9. The van der Waals surface area contributed by atoms with Gasteiger partial charge in [-0.25, -0.2) is 0 Å². The Morgan fingerprint density at radius 3 is 2.80 bits per heavy atom. The second-order valence-electron chi connectivity index (χ2n) is 3.71. The minimum atomic E-state index is 0.806. The van der Waals surface area contributed by atoms with Crippen LogP contribution in [0.25, 0.3) is 0 Å². The normalized spacial score (nSPS) is 17.9. The minimum absolute atomic E-state index is 0.806. The Balaban J connectivity index is 2.06. The lowest BCUT2D eigenvalue weighted by atomic mass is 10.2. The van der Waals surface area contributed by atoms with Gasteiger partial charge in [0.05, 0.1) is 13.2 Å². The Hall–Kier alpha value is -0.580. The standard InChI is InChI=1S/C11H15BrN2O/c12-11-9(2-1-3-10(11)13)8-14-4-6-15-7-5-14/h1-3H,4-8,13H2. The van der Waals surface area contributed by atoms with Crippen molar-refractivity contribution >= 4 is 21.6 Å². The third-order valence-electron chi connectivity index (χ3n) is 2.61. The van der Waals surface area contributed by atoms with E-state index in [4.69, 9.17) is 10.5 Å². The summed E-state index contributed by atoms with van der Waals surface area (Å²) in [7, 11) is 0. The Morgan fingerprint density at radius 2 is 2.07 bits per heavy atom. The minimum Gasteiger partial charge on any atom is -0.398 e. The molecule has 15 heavy (non-hydrogen) atoms. The van der Waals surface area contributed by atoms with Crippen LogP contribution in [-0.4, -0.2) is 31.2 Å². The highest BCUT2D eigenvalue weighted by Crippen LogP contribution is 2.25. The fourth-order valence-electron chi connectivity index (χ4n) is 1.72. The second kappa shape index (κ2) is 4.96. The zero-order valence-electron chi connectivity index (χ0n) is 8.58. The number of halogens is 1. The molecule has 0 unspecified atom stereocenters. The Kier molecular flexibility index (Phi) is 3.61. The topological polar surface area (TPSA) is 38.5 Å². The molecular weight excluding hydrogens is 256 g/mol. The van der Waals surface area contributed by atoms with Gasteiger partial charge in [-0.3, -0.25) is 4.90 Å². The first-order chi connectivity index (χ1) is 7.27. The summed E-state index contributed by atoms with van der Waals surface area (Å²) in [4.78, 5) is 2.38. The van der Waals surface area contributed by atoms with E-state index in [0.29, 0.717) is 0 Å². The van der Waals surface area contributed by atoms with Gasteiger partial charge in [0.25, 0.3) is 0 Å². The highest BCUT2D eigenvalue weighted by atomic mass is 79.9. The number of hydrogen-bond acceptors (Lipinski definition) is 3. The first-order valence-electron chi connectivity index (χ1n) is 5.10. The second-order valence-corrected chi connectivity index (χ2v) is 4.50. The number of nitrogen functional groups attached to an aromatic ring is 1. The van der Waals surface area contributed by atoms with Gasteiger partial charge in [-0.05, 0) is 27.6 Å². The quantitative estimate of drug-likeness (QED) is 0.834. The molecule has 3 nitrogen and oxygen atoms in total. The Labute approximate surface area is 98.3 Å². The van der Waals surface area contributed by atoms with E-state index in [1.54, 1.807) is 0 Å². The van der Waals surface area contributed by atoms with Crippen molar-refractivity contribution in [3.8, 4) is 0 Å². The molecule has 2 N–H and O–H groups in total. The van der Waals surface area contributed by atoms with E-state index in [0.717, 1.165) is 43.0 Å². The van der Waals surface area contributed by atoms with Crippen molar-refractivity contribution in [1.29, 1.82) is 0 Å². The molecule has 1 heterocycles. The molecule has 0 bridgehead atoms. The average molecular weight is 271 g/mol. The number of anilines is 1. The van der Waals surface area contributed by atoms with E-state index < -0.39 is 0 Å². The van der Waals surface area contributed by atoms with Gasteiger partial charge in [-0.1, -0.05) is 12.1 Å². The highest BCUT2D eigenvalue weighted by molar-refractivity contribution is 9.10. The Morgan fingerprint density at radius 1 is 1.33 bits per heavy atom. The summed E-state index contributed by atoms with van der Waals surface area (Å²) in [5.41, 5.74) is 7.89. The molecule has 1 aliphatic heterocycles. The van der Waals surface area contributed by atoms with Crippen LogP contribution in [0.2, 0.25) is 0 Å². The van der Waals surface area contributed by atoms with Crippen LogP contribution in [0.15, 0.2) is 22.7 Å². The zero-order chi connectivity index (χ0) is 10.7. The van der Waals surface area contributed by atoms with Crippen molar-refractivity contribution in [3.63, 3.8) is 0 Å². The van der Waals surface area contributed by atoms with Crippen LogP contribution in [0.4, 0.5) is 5.69 Å². The van der Waals surface area contributed by atoms with Crippen LogP contribution in [-0.2, 0) is 11.3 Å². The molecule has 0 aromatic heterocycles. The molecule has 1 saturated heterocycles. The summed E-state index contributed by atoms with van der Waals surface area (Å²) in [6.45, 7) is 4.61. The van der Waals surface area contributed by atoms with Crippen molar-refractivity contribution in [2.75, 3.05) is 32.0 Å². The van der Waals surface area contributed by atoms with E-state index in [2.05, 4.69) is 26.9 Å².